The van der Waals surface area contributed by atoms with Crippen LogP contribution in [0, 0.1) is 11.8 Å². The average Bonchev–Trinajstić information content (AvgIpc) is 2.73. The van der Waals surface area contributed by atoms with Crippen LogP contribution in [0.15, 0.2) is 0 Å². The van der Waals surface area contributed by atoms with E-state index in [-0.39, 0.29) is 6.10 Å². The van der Waals surface area contributed by atoms with Gasteiger partial charge in [0.05, 0.1) is 18.3 Å². The molecule has 5 atom stereocenters. The highest BCUT2D eigenvalue weighted by Crippen LogP contribution is 2.41. The Morgan fingerprint density at radius 1 is 1.25 bits per heavy atom. The van der Waals surface area contributed by atoms with Crippen molar-refractivity contribution in [3.63, 3.8) is 0 Å². The maximum absolute atomic E-state index is 9.50. The second-order valence-corrected chi connectivity index (χ2v) is 4.41. The molecule has 0 aromatic rings. The molecule has 0 aromatic heterocycles. The standard InChI is InChI=1S/C10H18O2/c1-6-3-4-8(11)5-9(6)10-7(2)12-10/h6-11H,3-5H2,1-2H3. The maximum Gasteiger partial charge on any atom is 0.0870 e. The largest absolute Gasteiger partial charge is 0.393 e. The molecule has 0 aromatic carbocycles. The van der Waals surface area contributed by atoms with Gasteiger partial charge in [-0.2, -0.15) is 0 Å². The smallest absolute Gasteiger partial charge is 0.0870 e. The predicted molar refractivity (Wildman–Crippen MR) is 46.8 cm³/mol. The topological polar surface area (TPSA) is 32.8 Å². The molecule has 2 fully saturated rings. The summed E-state index contributed by atoms with van der Waals surface area (Å²) in [5.74, 6) is 1.35. The molecule has 1 N–H and O–H groups in total. The molecule has 1 heterocycles. The van der Waals surface area contributed by atoms with Gasteiger partial charge in [-0.25, -0.2) is 0 Å². The lowest BCUT2D eigenvalue weighted by Crippen LogP contribution is -2.30. The number of epoxide rings is 1. The normalized spacial score (nSPS) is 53.8. The van der Waals surface area contributed by atoms with Gasteiger partial charge in [-0.1, -0.05) is 6.92 Å². The highest BCUT2D eigenvalue weighted by atomic mass is 16.6. The van der Waals surface area contributed by atoms with E-state index in [4.69, 9.17) is 4.74 Å². The SMILES string of the molecule is CC1CCC(O)CC1C1OC1C. The first-order valence-corrected chi connectivity index (χ1v) is 5.02. The van der Waals surface area contributed by atoms with E-state index in [1.54, 1.807) is 0 Å². The van der Waals surface area contributed by atoms with Crippen LogP contribution < -0.4 is 0 Å². The van der Waals surface area contributed by atoms with Gasteiger partial charge in [0.15, 0.2) is 0 Å². The van der Waals surface area contributed by atoms with E-state index in [1.807, 2.05) is 0 Å². The summed E-state index contributed by atoms with van der Waals surface area (Å²) in [5, 5.41) is 9.50. The van der Waals surface area contributed by atoms with Gasteiger partial charge in [0.25, 0.3) is 0 Å². The molecule has 1 aliphatic carbocycles. The third kappa shape index (κ3) is 1.50. The van der Waals surface area contributed by atoms with E-state index in [9.17, 15) is 5.11 Å². The summed E-state index contributed by atoms with van der Waals surface area (Å²) in [4.78, 5) is 0. The third-order valence-electron chi connectivity index (χ3n) is 3.41. The van der Waals surface area contributed by atoms with E-state index >= 15 is 0 Å². The van der Waals surface area contributed by atoms with E-state index in [0.29, 0.717) is 18.1 Å². The molecule has 2 aliphatic rings. The molecule has 2 heteroatoms. The van der Waals surface area contributed by atoms with E-state index in [2.05, 4.69) is 13.8 Å². The molecule has 1 saturated carbocycles. The number of aliphatic hydroxyl groups excluding tert-OH is 1. The predicted octanol–water partition coefficient (Wildman–Crippen LogP) is 1.57. The van der Waals surface area contributed by atoms with Gasteiger partial charge in [-0.3, -0.25) is 0 Å². The average molecular weight is 170 g/mol. The zero-order valence-corrected chi connectivity index (χ0v) is 7.86. The van der Waals surface area contributed by atoms with Crippen LogP contribution in [0.2, 0.25) is 0 Å². The fourth-order valence-corrected chi connectivity index (χ4v) is 2.44. The second-order valence-electron chi connectivity index (χ2n) is 4.41. The van der Waals surface area contributed by atoms with Gasteiger partial charge < -0.3 is 9.84 Å². The summed E-state index contributed by atoms with van der Waals surface area (Å²) < 4.78 is 5.46. The van der Waals surface area contributed by atoms with Crippen LogP contribution >= 0.6 is 0 Å². The zero-order chi connectivity index (χ0) is 8.72. The lowest BCUT2D eigenvalue weighted by atomic mass is 9.76. The second kappa shape index (κ2) is 3.00. The van der Waals surface area contributed by atoms with Crippen LogP contribution in [0.4, 0.5) is 0 Å². The van der Waals surface area contributed by atoms with Gasteiger partial charge in [0, 0.05) is 0 Å². The quantitative estimate of drug-likeness (QED) is 0.606. The van der Waals surface area contributed by atoms with Crippen molar-refractivity contribution >= 4 is 0 Å². The molecule has 70 valence electrons. The molecule has 0 bridgehead atoms. The molecule has 2 nitrogen and oxygen atoms in total. The first-order chi connectivity index (χ1) is 5.68. The monoisotopic (exact) mass is 170 g/mol. The Balaban J connectivity index is 1.93. The fourth-order valence-electron chi connectivity index (χ4n) is 2.44. The highest BCUT2D eigenvalue weighted by Gasteiger charge is 2.45. The van der Waals surface area contributed by atoms with Crippen LogP contribution in [0.1, 0.15) is 33.1 Å². The van der Waals surface area contributed by atoms with Crippen molar-refractivity contribution in [3.8, 4) is 0 Å². The first-order valence-electron chi connectivity index (χ1n) is 5.02. The molecule has 0 spiro atoms. The first kappa shape index (κ1) is 8.52. The molecule has 0 amide bonds. The molecule has 12 heavy (non-hydrogen) atoms. The van der Waals surface area contributed by atoms with Gasteiger partial charge in [-0.05, 0) is 38.0 Å². The summed E-state index contributed by atoms with van der Waals surface area (Å²) in [7, 11) is 0. The third-order valence-corrected chi connectivity index (χ3v) is 3.41. The molecular weight excluding hydrogens is 152 g/mol. The molecule has 5 unspecified atom stereocenters. The van der Waals surface area contributed by atoms with Gasteiger partial charge in [0.2, 0.25) is 0 Å². The van der Waals surface area contributed by atoms with Crippen LogP contribution in [0.5, 0.6) is 0 Å². The lowest BCUT2D eigenvalue weighted by Gasteiger charge is -2.30. The van der Waals surface area contributed by atoms with Crippen LogP contribution in [0.25, 0.3) is 0 Å². The number of aliphatic hydroxyl groups is 1. The van der Waals surface area contributed by atoms with E-state index in [0.717, 1.165) is 18.8 Å². The van der Waals surface area contributed by atoms with Crippen molar-refractivity contribution in [2.24, 2.45) is 11.8 Å². The van der Waals surface area contributed by atoms with Gasteiger partial charge in [-0.15, -0.1) is 0 Å². The van der Waals surface area contributed by atoms with Gasteiger partial charge >= 0.3 is 0 Å². The maximum atomic E-state index is 9.50. The Bertz CT molecular complexity index is 167. The molecular formula is C10H18O2. The van der Waals surface area contributed by atoms with Crippen molar-refractivity contribution < 1.29 is 9.84 Å². The van der Waals surface area contributed by atoms with E-state index in [1.165, 1.54) is 6.42 Å². The number of rotatable bonds is 1. The summed E-state index contributed by atoms with van der Waals surface area (Å²) in [5.41, 5.74) is 0. The summed E-state index contributed by atoms with van der Waals surface area (Å²) in [6.07, 6.45) is 3.94. The molecule has 1 aliphatic heterocycles. The van der Waals surface area contributed by atoms with Crippen molar-refractivity contribution in [1.29, 1.82) is 0 Å². The zero-order valence-electron chi connectivity index (χ0n) is 7.86. The fraction of sp³-hybridized carbons (Fsp3) is 1.00. The number of hydrogen-bond acceptors (Lipinski definition) is 2. The van der Waals surface area contributed by atoms with Gasteiger partial charge in [0.1, 0.15) is 0 Å². The Morgan fingerprint density at radius 3 is 2.50 bits per heavy atom. The lowest BCUT2D eigenvalue weighted by molar-refractivity contribution is 0.0617. The minimum Gasteiger partial charge on any atom is -0.393 e. The summed E-state index contributed by atoms with van der Waals surface area (Å²) in [6.45, 7) is 4.41. The molecule has 1 saturated heterocycles. The number of hydrogen-bond donors (Lipinski definition) is 1. The van der Waals surface area contributed by atoms with Crippen LogP contribution in [0.3, 0.4) is 0 Å². The van der Waals surface area contributed by atoms with E-state index < -0.39 is 0 Å². The summed E-state index contributed by atoms with van der Waals surface area (Å²) in [6, 6.07) is 0. The minimum absolute atomic E-state index is 0.0670. The Morgan fingerprint density at radius 2 is 1.92 bits per heavy atom. The van der Waals surface area contributed by atoms with Crippen molar-refractivity contribution in [2.45, 2.75) is 51.4 Å². The number of ether oxygens (including phenoxy) is 1. The Kier molecular flexibility index (Phi) is 2.13. The highest BCUT2D eigenvalue weighted by molar-refractivity contribution is 4.93. The summed E-state index contributed by atoms with van der Waals surface area (Å²) >= 11 is 0. The van der Waals surface area contributed by atoms with Crippen molar-refractivity contribution in [2.75, 3.05) is 0 Å². The van der Waals surface area contributed by atoms with Crippen molar-refractivity contribution in [3.05, 3.63) is 0 Å². The molecule has 2 rings (SSSR count). The minimum atomic E-state index is -0.0670. The van der Waals surface area contributed by atoms with Crippen LogP contribution in [-0.2, 0) is 4.74 Å². The van der Waals surface area contributed by atoms with Crippen LogP contribution in [-0.4, -0.2) is 23.4 Å². The Labute approximate surface area is 73.9 Å². The Hall–Kier alpha value is -0.0800. The van der Waals surface area contributed by atoms with Crippen molar-refractivity contribution in [1.82, 2.24) is 0 Å². The molecule has 0 radical (unpaired) electrons.